The van der Waals surface area contributed by atoms with Gasteiger partial charge < -0.3 is 10.1 Å². The molecular weight excluding hydrogens is 284 g/mol. The molecule has 0 spiro atoms. The average Bonchev–Trinajstić information content (AvgIpc) is 2.43. The molecule has 0 aliphatic heterocycles. The van der Waals surface area contributed by atoms with Crippen LogP contribution in [0.3, 0.4) is 0 Å². The standard InChI is InChI=1S/C15H26N4O3/c1-6-8-9-16-12-11(19(20)21)13(22-10-7-2)18-14(17-12)15(3,4)5/h6-10H2,1-5H3,(H,16,17,18). The summed E-state index contributed by atoms with van der Waals surface area (Å²) in [5.74, 6) is 0.818. The number of nitrogens with one attached hydrogen (secondary N) is 1. The van der Waals surface area contributed by atoms with Crippen LogP contribution in [0.25, 0.3) is 0 Å². The van der Waals surface area contributed by atoms with Gasteiger partial charge in [0.05, 0.1) is 11.5 Å². The van der Waals surface area contributed by atoms with Crippen LogP contribution in [-0.2, 0) is 5.41 Å². The van der Waals surface area contributed by atoms with Gasteiger partial charge in [0.2, 0.25) is 5.82 Å². The number of hydrogen-bond acceptors (Lipinski definition) is 6. The summed E-state index contributed by atoms with van der Waals surface area (Å²) < 4.78 is 5.50. The van der Waals surface area contributed by atoms with Gasteiger partial charge in [0, 0.05) is 12.0 Å². The van der Waals surface area contributed by atoms with Crippen molar-refractivity contribution in [1.29, 1.82) is 0 Å². The molecule has 0 amide bonds. The Morgan fingerprint density at radius 2 is 1.91 bits per heavy atom. The molecule has 22 heavy (non-hydrogen) atoms. The summed E-state index contributed by atoms with van der Waals surface area (Å²) in [6, 6.07) is 0. The Hall–Kier alpha value is -1.92. The maximum atomic E-state index is 11.4. The Morgan fingerprint density at radius 1 is 1.23 bits per heavy atom. The molecule has 1 N–H and O–H groups in total. The molecule has 0 fully saturated rings. The van der Waals surface area contributed by atoms with E-state index in [0.717, 1.165) is 19.3 Å². The first-order chi connectivity index (χ1) is 10.3. The smallest absolute Gasteiger partial charge is 0.372 e. The second kappa shape index (κ2) is 7.91. The van der Waals surface area contributed by atoms with Crippen molar-refractivity contribution in [2.45, 2.75) is 59.3 Å². The molecule has 124 valence electrons. The van der Waals surface area contributed by atoms with Gasteiger partial charge in [-0.05, 0) is 12.8 Å². The van der Waals surface area contributed by atoms with Crippen molar-refractivity contribution in [3.63, 3.8) is 0 Å². The highest BCUT2D eigenvalue weighted by Gasteiger charge is 2.29. The van der Waals surface area contributed by atoms with Crippen LogP contribution in [0.15, 0.2) is 0 Å². The Kier molecular flexibility index (Phi) is 6.52. The highest BCUT2D eigenvalue weighted by Crippen LogP contribution is 2.34. The summed E-state index contributed by atoms with van der Waals surface area (Å²) in [6.07, 6.45) is 2.67. The van der Waals surface area contributed by atoms with Crippen molar-refractivity contribution < 1.29 is 9.66 Å². The maximum Gasteiger partial charge on any atom is 0.372 e. The lowest BCUT2D eigenvalue weighted by molar-refractivity contribution is -0.385. The number of nitro groups is 1. The van der Waals surface area contributed by atoms with E-state index in [0.29, 0.717) is 19.0 Å². The summed E-state index contributed by atoms with van der Waals surface area (Å²) >= 11 is 0. The van der Waals surface area contributed by atoms with Crippen LogP contribution in [0.2, 0.25) is 0 Å². The first-order valence-electron chi connectivity index (χ1n) is 7.74. The number of ether oxygens (including phenoxy) is 1. The molecule has 0 radical (unpaired) electrons. The second-order valence-electron chi connectivity index (χ2n) is 6.19. The van der Waals surface area contributed by atoms with Gasteiger partial charge in [0.15, 0.2) is 0 Å². The number of aromatic nitrogens is 2. The molecular formula is C15H26N4O3. The molecule has 1 rings (SSSR count). The molecule has 0 aliphatic rings. The molecule has 0 unspecified atom stereocenters. The zero-order valence-electron chi connectivity index (χ0n) is 14.1. The highest BCUT2D eigenvalue weighted by molar-refractivity contribution is 5.62. The lowest BCUT2D eigenvalue weighted by Crippen LogP contribution is -2.20. The van der Waals surface area contributed by atoms with E-state index in [9.17, 15) is 10.1 Å². The van der Waals surface area contributed by atoms with Crippen molar-refractivity contribution in [1.82, 2.24) is 9.97 Å². The van der Waals surface area contributed by atoms with Crippen LogP contribution in [0.5, 0.6) is 5.88 Å². The molecule has 0 bridgehead atoms. The number of unbranched alkanes of at least 4 members (excludes halogenated alkanes) is 1. The second-order valence-corrected chi connectivity index (χ2v) is 6.19. The first-order valence-corrected chi connectivity index (χ1v) is 7.74. The average molecular weight is 310 g/mol. The fourth-order valence-electron chi connectivity index (χ4n) is 1.74. The number of nitrogens with zero attached hydrogens (tertiary/aromatic N) is 3. The predicted molar refractivity (Wildman–Crippen MR) is 86.6 cm³/mol. The Bertz CT molecular complexity index is 512. The van der Waals surface area contributed by atoms with E-state index in [-0.39, 0.29) is 22.8 Å². The van der Waals surface area contributed by atoms with Crippen LogP contribution in [0.4, 0.5) is 11.5 Å². The van der Waals surface area contributed by atoms with Gasteiger partial charge in [-0.25, -0.2) is 4.98 Å². The van der Waals surface area contributed by atoms with Gasteiger partial charge in [-0.1, -0.05) is 41.0 Å². The molecule has 7 heteroatoms. The number of hydrogen-bond donors (Lipinski definition) is 1. The Morgan fingerprint density at radius 3 is 2.41 bits per heavy atom. The largest absolute Gasteiger partial charge is 0.473 e. The van der Waals surface area contributed by atoms with E-state index in [1.807, 2.05) is 27.7 Å². The van der Waals surface area contributed by atoms with E-state index in [4.69, 9.17) is 4.74 Å². The van der Waals surface area contributed by atoms with Crippen LogP contribution in [0, 0.1) is 10.1 Å². The van der Waals surface area contributed by atoms with Crippen LogP contribution in [-0.4, -0.2) is 28.0 Å². The van der Waals surface area contributed by atoms with E-state index in [1.165, 1.54) is 0 Å². The molecule has 1 aromatic heterocycles. The number of anilines is 1. The van der Waals surface area contributed by atoms with Crippen LogP contribution < -0.4 is 10.1 Å². The molecule has 0 aliphatic carbocycles. The van der Waals surface area contributed by atoms with Gasteiger partial charge in [-0.2, -0.15) is 4.98 Å². The highest BCUT2D eigenvalue weighted by atomic mass is 16.6. The topological polar surface area (TPSA) is 90.2 Å². The quantitative estimate of drug-likeness (QED) is 0.447. The van der Waals surface area contributed by atoms with E-state index in [2.05, 4.69) is 22.2 Å². The summed E-state index contributed by atoms with van der Waals surface area (Å²) in [6.45, 7) is 10.9. The normalized spacial score (nSPS) is 11.3. The third kappa shape index (κ3) is 4.82. The molecule has 7 nitrogen and oxygen atoms in total. The predicted octanol–water partition coefficient (Wildman–Crippen LogP) is 3.68. The SMILES string of the molecule is CCCCNc1nc(C(C)(C)C)nc(OCCC)c1[N+](=O)[O-]. The minimum Gasteiger partial charge on any atom is -0.473 e. The van der Waals surface area contributed by atoms with Crippen molar-refractivity contribution in [3.05, 3.63) is 15.9 Å². The molecule has 0 atom stereocenters. The summed E-state index contributed by atoms with van der Waals surface area (Å²) in [5.41, 5.74) is -0.502. The third-order valence-corrected chi connectivity index (χ3v) is 2.97. The van der Waals surface area contributed by atoms with Gasteiger partial charge >= 0.3 is 5.69 Å². The monoisotopic (exact) mass is 310 g/mol. The number of rotatable bonds is 8. The van der Waals surface area contributed by atoms with Gasteiger partial charge in [0.25, 0.3) is 5.88 Å². The Labute approximate surface area is 131 Å². The maximum absolute atomic E-state index is 11.4. The van der Waals surface area contributed by atoms with Crippen molar-refractivity contribution in [3.8, 4) is 5.88 Å². The fourth-order valence-corrected chi connectivity index (χ4v) is 1.74. The fraction of sp³-hybridized carbons (Fsp3) is 0.733. The van der Waals surface area contributed by atoms with Gasteiger partial charge in [-0.3, -0.25) is 10.1 Å². The molecule has 1 aromatic rings. The van der Waals surface area contributed by atoms with E-state index < -0.39 is 4.92 Å². The van der Waals surface area contributed by atoms with Crippen molar-refractivity contribution in [2.75, 3.05) is 18.5 Å². The summed E-state index contributed by atoms with van der Waals surface area (Å²) in [7, 11) is 0. The van der Waals surface area contributed by atoms with Crippen molar-refractivity contribution in [2.24, 2.45) is 0 Å². The lowest BCUT2D eigenvalue weighted by atomic mass is 9.96. The molecule has 1 heterocycles. The first kappa shape index (κ1) is 18.1. The minimum atomic E-state index is -0.480. The molecule has 0 saturated heterocycles. The zero-order valence-corrected chi connectivity index (χ0v) is 14.1. The minimum absolute atomic E-state index is 0.0470. The molecule has 0 saturated carbocycles. The lowest BCUT2D eigenvalue weighted by Gasteiger charge is -2.19. The van der Waals surface area contributed by atoms with Crippen LogP contribution in [0.1, 0.15) is 59.7 Å². The van der Waals surface area contributed by atoms with Crippen molar-refractivity contribution >= 4 is 11.5 Å². The third-order valence-electron chi connectivity index (χ3n) is 2.97. The summed E-state index contributed by atoms with van der Waals surface area (Å²) in [4.78, 5) is 19.6. The van der Waals surface area contributed by atoms with Crippen LogP contribution >= 0.6 is 0 Å². The zero-order chi connectivity index (χ0) is 16.8. The Balaban J connectivity index is 3.31. The van der Waals surface area contributed by atoms with Gasteiger partial charge in [0.1, 0.15) is 5.82 Å². The van der Waals surface area contributed by atoms with E-state index >= 15 is 0 Å². The van der Waals surface area contributed by atoms with E-state index in [1.54, 1.807) is 0 Å². The summed E-state index contributed by atoms with van der Waals surface area (Å²) in [5, 5.41) is 14.5. The molecule has 0 aromatic carbocycles. The van der Waals surface area contributed by atoms with Gasteiger partial charge in [-0.15, -0.1) is 0 Å².